The Hall–Kier alpha value is -1.97. The zero-order valence-electron chi connectivity index (χ0n) is 11.0. The van der Waals surface area contributed by atoms with Crippen molar-refractivity contribution in [2.45, 2.75) is 25.8 Å². The number of nitrogens with two attached hydrogens (primary N) is 1. The molecule has 4 nitrogen and oxygen atoms in total. The number of anilines is 1. The van der Waals surface area contributed by atoms with Gasteiger partial charge in [-0.3, -0.25) is 4.79 Å². The van der Waals surface area contributed by atoms with Crippen molar-refractivity contribution >= 4 is 22.5 Å². The van der Waals surface area contributed by atoms with E-state index in [0.717, 1.165) is 42.5 Å². The van der Waals surface area contributed by atoms with Crippen LogP contribution in [0.25, 0.3) is 10.9 Å². The molecule has 19 heavy (non-hydrogen) atoms. The number of hydrogen-bond acceptors (Lipinski definition) is 2. The molecule has 1 fully saturated rings. The van der Waals surface area contributed by atoms with Gasteiger partial charge in [-0.1, -0.05) is 18.2 Å². The number of amides is 1. The number of aryl methyl sites for hydroxylation is 1. The molecular formula is C15H19N3O. The van der Waals surface area contributed by atoms with Crippen molar-refractivity contribution in [3.63, 3.8) is 0 Å². The monoisotopic (exact) mass is 257 g/mol. The van der Waals surface area contributed by atoms with Gasteiger partial charge < -0.3 is 15.2 Å². The predicted octanol–water partition coefficient (Wildman–Crippen LogP) is 2.24. The van der Waals surface area contributed by atoms with Crippen LogP contribution in [-0.2, 0) is 11.3 Å². The molecule has 2 N–H and O–H groups in total. The van der Waals surface area contributed by atoms with Gasteiger partial charge >= 0.3 is 0 Å². The number of carbonyl (C=O) groups excluding carboxylic acids is 1. The molecular weight excluding hydrogens is 238 g/mol. The molecule has 100 valence electrons. The van der Waals surface area contributed by atoms with Gasteiger partial charge in [-0.25, -0.2) is 0 Å². The normalized spacial score (nSPS) is 15.3. The minimum atomic E-state index is 0.258. The summed E-state index contributed by atoms with van der Waals surface area (Å²) in [5.74, 6) is 0.258. The van der Waals surface area contributed by atoms with Crippen molar-refractivity contribution in [2.24, 2.45) is 0 Å². The lowest BCUT2D eigenvalue weighted by Crippen LogP contribution is -2.28. The van der Waals surface area contributed by atoms with Crippen LogP contribution in [0.3, 0.4) is 0 Å². The van der Waals surface area contributed by atoms with E-state index in [1.807, 2.05) is 35.4 Å². The van der Waals surface area contributed by atoms with Crippen LogP contribution in [0.15, 0.2) is 30.5 Å². The van der Waals surface area contributed by atoms with E-state index in [1.165, 1.54) is 0 Å². The third kappa shape index (κ3) is 2.30. The van der Waals surface area contributed by atoms with Crippen LogP contribution >= 0.6 is 0 Å². The van der Waals surface area contributed by atoms with Gasteiger partial charge in [0.05, 0.1) is 11.2 Å². The molecule has 0 saturated carbocycles. The number of para-hydroxylation sites is 1. The molecule has 0 aliphatic carbocycles. The second-order valence-electron chi connectivity index (χ2n) is 5.13. The maximum absolute atomic E-state index is 12.0. The van der Waals surface area contributed by atoms with Gasteiger partial charge in [-0.05, 0) is 18.9 Å². The van der Waals surface area contributed by atoms with Gasteiger partial charge in [0.15, 0.2) is 0 Å². The Balaban J connectivity index is 1.73. The lowest BCUT2D eigenvalue weighted by molar-refractivity contribution is -0.130. The number of aromatic nitrogens is 1. The van der Waals surface area contributed by atoms with E-state index in [-0.39, 0.29) is 5.91 Å². The van der Waals surface area contributed by atoms with Crippen molar-refractivity contribution in [3.05, 3.63) is 30.5 Å². The van der Waals surface area contributed by atoms with Crippen molar-refractivity contribution in [1.82, 2.24) is 9.47 Å². The first-order valence-corrected chi connectivity index (χ1v) is 6.87. The zero-order chi connectivity index (χ0) is 13.2. The van der Waals surface area contributed by atoms with Crippen LogP contribution in [0.5, 0.6) is 0 Å². The van der Waals surface area contributed by atoms with Crippen LogP contribution in [0, 0.1) is 0 Å². The molecule has 0 radical (unpaired) electrons. The molecule has 0 spiro atoms. The van der Waals surface area contributed by atoms with E-state index in [0.29, 0.717) is 13.0 Å². The minimum absolute atomic E-state index is 0.258. The molecule has 2 heterocycles. The number of benzene rings is 1. The summed E-state index contributed by atoms with van der Waals surface area (Å²) in [6, 6.07) is 8.05. The van der Waals surface area contributed by atoms with Gasteiger partial charge in [0.2, 0.25) is 5.91 Å². The topological polar surface area (TPSA) is 51.3 Å². The van der Waals surface area contributed by atoms with Crippen LogP contribution in [0.1, 0.15) is 19.3 Å². The molecule has 0 unspecified atom stereocenters. The van der Waals surface area contributed by atoms with Crippen LogP contribution in [0.2, 0.25) is 0 Å². The lowest BCUT2D eigenvalue weighted by atomic mass is 10.2. The molecule has 1 aromatic heterocycles. The number of likely N-dealkylation sites (tertiary alicyclic amines) is 1. The first-order chi connectivity index (χ1) is 9.25. The fraction of sp³-hybridized carbons (Fsp3) is 0.400. The van der Waals surface area contributed by atoms with Crippen molar-refractivity contribution in [3.8, 4) is 0 Å². The highest BCUT2D eigenvalue weighted by molar-refractivity contribution is 5.91. The Morgan fingerprint density at radius 2 is 1.95 bits per heavy atom. The van der Waals surface area contributed by atoms with E-state index < -0.39 is 0 Å². The third-order valence-corrected chi connectivity index (χ3v) is 3.84. The Morgan fingerprint density at radius 3 is 2.74 bits per heavy atom. The fourth-order valence-electron chi connectivity index (χ4n) is 2.80. The lowest BCUT2D eigenvalue weighted by Gasteiger charge is -2.15. The quantitative estimate of drug-likeness (QED) is 0.916. The SMILES string of the molecule is Nc1cn(CCC(=O)N2CCCC2)c2ccccc12. The molecule has 0 bridgehead atoms. The number of nitrogens with zero attached hydrogens (tertiary/aromatic N) is 2. The predicted molar refractivity (Wildman–Crippen MR) is 76.8 cm³/mol. The van der Waals surface area contributed by atoms with E-state index in [4.69, 9.17) is 5.73 Å². The molecule has 4 heteroatoms. The van der Waals surface area contributed by atoms with E-state index in [2.05, 4.69) is 4.57 Å². The van der Waals surface area contributed by atoms with Crippen LogP contribution < -0.4 is 5.73 Å². The number of hydrogen-bond donors (Lipinski definition) is 1. The highest BCUT2D eigenvalue weighted by Gasteiger charge is 2.17. The maximum atomic E-state index is 12.0. The fourth-order valence-corrected chi connectivity index (χ4v) is 2.80. The second-order valence-corrected chi connectivity index (χ2v) is 5.13. The van der Waals surface area contributed by atoms with Crippen LogP contribution in [0.4, 0.5) is 5.69 Å². The van der Waals surface area contributed by atoms with Gasteiger partial charge in [-0.2, -0.15) is 0 Å². The van der Waals surface area contributed by atoms with E-state index in [9.17, 15) is 4.79 Å². The Labute approximate surface area is 112 Å². The molecule has 1 aliphatic heterocycles. The van der Waals surface area contributed by atoms with Gasteiger partial charge in [0.25, 0.3) is 0 Å². The molecule has 3 rings (SSSR count). The summed E-state index contributed by atoms with van der Waals surface area (Å²) in [4.78, 5) is 14.0. The Morgan fingerprint density at radius 1 is 1.21 bits per heavy atom. The summed E-state index contributed by atoms with van der Waals surface area (Å²) < 4.78 is 2.08. The molecule has 1 amide bonds. The van der Waals surface area contributed by atoms with Crippen molar-refractivity contribution in [1.29, 1.82) is 0 Å². The highest BCUT2D eigenvalue weighted by atomic mass is 16.2. The summed E-state index contributed by atoms with van der Waals surface area (Å²) in [5.41, 5.74) is 7.88. The van der Waals surface area contributed by atoms with Gasteiger partial charge in [0, 0.05) is 37.6 Å². The Kier molecular flexibility index (Phi) is 3.15. The molecule has 0 atom stereocenters. The van der Waals surface area contributed by atoms with Crippen LogP contribution in [-0.4, -0.2) is 28.5 Å². The summed E-state index contributed by atoms with van der Waals surface area (Å²) in [6.07, 6.45) is 4.77. The first kappa shape index (κ1) is 12.1. The molecule has 2 aromatic rings. The number of nitrogen functional groups attached to an aromatic ring is 1. The minimum Gasteiger partial charge on any atom is -0.397 e. The highest BCUT2D eigenvalue weighted by Crippen LogP contribution is 2.23. The molecule has 1 saturated heterocycles. The smallest absolute Gasteiger partial charge is 0.224 e. The summed E-state index contributed by atoms with van der Waals surface area (Å²) in [5, 5.41) is 1.07. The maximum Gasteiger partial charge on any atom is 0.224 e. The molecule has 1 aliphatic rings. The van der Waals surface area contributed by atoms with E-state index in [1.54, 1.807) is 0 Å². The Bertz CT molecular complexity index is 596. The molecule has 1 aromatic carbocycles. The largest absolute Gasteiger partial charge is 0.397 e. The third-order valence-electron chi connectivity index (χ3n) is 3.84. The van der Waals surface area contributed by atoms with Gasteiger partial charge in [-0.15, -0.1) is 0 Å². The average Bonchev–Trinajstić information content (AvgIpc) is 3.06. The first-order valence-electron chi connectivity index (χ1n) is 6.87. The zero-order valence-corrected chi connectivity index (χ0v) is 11.0. The average molecular weight is 257 g/mol. The summed E-state index contributed by atoms with van der Waals surface area (Å²) in [6.45, 7) is 2.55. The van der Waals surface area contributed by atoms with Crippen molar-refractivity contribution in [2.75, 3.05) is 18.8 Å². The standard InChI is InChI=1S/C15H19N3O/c16-13-11-18(14-6-2-1-5-12(13)14)10-7-15(19)17-8-3-4-9-17/h1-2,5-6,11H,3-4,7-10,16H2. The summed E-state index contributed by atoms with van der Waals surface area (Å²) in [7, 11) is 0. The second kappa shape index (κ2) is 4.96. The van der Waals surface area contributed by atoms with Crippen molar-refractivity contribution < 1.29 is 4.79 Å². The van der Waals surface area contributed by atoms with E-state index >= 15 is 0 Å². The van der Waals surface area contributed by atoms with Gasteiger partial charge in [0.1, 0.15) is 0 Å². The summed E-state index contributed by atoms with van der Waals surface area (Å²) >= 11 is 0. The number of carbonyl (C=O) groups is 1. The number of fused-ring (bicyclic) bond motifs is 1. The number of rotatable bonds is 3.